The molecule has 0 bridgehead atoms. The molecule has 1 rings (SSSR count). The maximum absolute atomic E-state index is 12.9. The minimum atomic E-state index is -4.71. The van der Waals surface area contributed by atoms with Crippen LogP contribution in [0.1, 0.15) is 19.4 Å². The van der Waals surface area contributed by atoms with Gasteiger partial charge in [-0.2, -0.15) is 13.2 Å². The van der Waals surface area contributed by atoms with Gasteiger partial charge in [-0.1, -0.05) is 25.4 Å². The fourth-order valence-electron chi connectivity index (χ4n) is 1.86. The van der Waals surface area contributed by atoms with Crippen LogP contribution in [0.25, 0.3) is 0 Å². The third-order valence-corrected chi connectivity index (χ3v) is 4.61. The van der Waals surface area contributed by atoms with E-state index in [2.05, 4.69) is 5.32 Å². The van der Waals surface area contributed by atoms with Gasteiger partial charge in [-0.3, -0.25) is 9.10 Å². The van der Waals surface area contributed by atoms with Gasteiger partial charge >= 0.3 is 6.18 Å². The summed E-state index contributed by atoms with van der Waals surface area (Å²) in [5.41, 5.74) is -1.30. The molecule has 0 radical (unpaired) electrons. The summed E-state index contributed by atoms with van der Waals surface area (Å²) in [4.78, 5) is 11.5. The van der Waals surface area contributed by atoms with E-state index in [1.165, 1.54) is 6.07 Å². The molecule has 0 aliphatic carbocycles. The van der Waals surface area contributed by atoms with Gasteiger partial charge in [-0.05, 0) is 18.2 Å². The summed E-state index contributed by atoms with van der Waals surface area (Å²) in [6, 6.07) is 2.85. The van der Waals surface area contributed by atoms with Crippen molar-refractivity contribution >= 4 is 33.2 Å². The predicted molar refractivity (Wildman–Crippen MR) is 86.5 cm³/mol. The van der Waals surface area contributed by atoms with E-state index in [0.717, 1.165) is 16.6 Å². The number of carbonyl (C=O) groups is 1. The molecule has 0 saturated heterocycles. The monoisotopic (exact) mass is 386 g/mol. The lowest BCUT2D eigenvalue weighted by atomic mass is 10.2. The van der Waals surface area contributed by atoms with Crippen LogP contribution in [0.2, 0.25) is 5.02 Å². The molecule has 1 N–H and O–H groups in total. The van der Waals surface area contributed by atoms with E-state index in [4.69, 9.17) is 11.6 Å². The number of halogens is 4. The van der Waals surface area contributed by atoms with Gasteiger partial charge in [0.1, 0.15) is 0 Å². The maximum atomic E-state index is 12.9. The van der Waals surface area contributed by atoms with Crippen molar-refractivity contribution in [2.75, 3.05) is 23.7 Å². The molecule has 0 aromatic heterocycles. The molecule has 5 nitrogen and oxygen atoms in total. The first kappa shape index (κ1) is 20.6. The molecule has 0 unspecified atom stereocenters. The number of sulfonamides is 1. The zero-order valence-electron chi connectivity index (χ0n) is 13.3. The number of alkyl halides is 3. The van der Waals surface area contributed by atoms with Crippen LogP contribution in [-0.2, 0) is 21.0 Å². The van der Waals surface area contributed by atoms with Crippen LogP contribution in [0.4, 0.5) is 18.9 Å². The highest BCUT2D eigenvalue weighted by Gasteiger charge is 2.34. The van der Waals surface area contributed by atoms with E-state index in [1.807, 2.05) is 0 Å². The minimum absolute atomic E-state index is 0.0337. The second-order valence-corrected chi connectivity index (χ2v) is 7.76. The van der Waals surface area contributed by atoms with Gasteiger partial charge in [0.25, 0.3) is 0 Å². The molecule has 136 valence electrons. The first-order valence-corrected chi connectivity index (χ1v) is 9.19. The summed E-state index contributed by atoms with van der Waals surface area (Å²) in [6.07, 6.45) is -3.83. The Labute approximate surface area is 143 Å². The van der Waals surface area contributed by atoms with Gasteiger partial charge in [0.15, 0.2) is 0 Å². The summed E-state index contributed by atoms with van der Waals surface area (Å²) >= 11 is 5.54. The van der Waals surface area contributed by atoms with Crippen molar-refractivity contribution in [3.05, 3.63) is 28.8 Å². The highest BCUT2D eigenvalue weighted by Crippen LogP contribution is 2.37. The van der Waals surface area contributed by atoms with Gasteiger partial charge in [0, 0.05) is 12.5 Å². The Hall–Kier alpha value is -1.48. The molecule has 0 aliphatic rings. The highest BCUT2D eigenvalue weighted by atomic mass is 35.5. The zero-order valence-corrected chi connectivity index (χ0v) is 14.9. The average Bonchev–Trinajstić information content (AvgIpc) is 2.41. The molecule has 0 heterocycles. The van der Waals surface area contributed by atoms with E-state index in [0.29, 0.717) is 6.07 Å². The maximum Gasteiger partial charge on any atom is 0.417 e. The average molecular weight is 387 g/mol. The van der Waals surface area contributed by atoms with Gasteiger partial charge < -0.3 is 5.32 Å². The number of amides is 1. The summed E-state index contributed by atoms with van der Waals surface area (Å²) in [6.45, 7) is 3.10. The molecule has 0 atom stereocenters. The topological polar surface area (TPSA) is 66.5 Å². The van der Waals surface area contributed by atoms with Crippen LogP contribution in [0.3, 0.4) is 0 Å². The van der Waals surface area contributed by atoms with E-state index in [9.17, 15) is 26.4 Å². The van der Waals surface area contributed by atoms with Crippen molar-refractivity contribution < 1.29 is 26.4 Å². The second-order valence-electron chi connectivity index (χ2n) is 5.44. The lowest BCUT2D eigenvalue weighted by Crippen LogP contribution is -2.39. The Morgan fingerprint density at radius 2 is 1.92 bits per heavy atom. The largest absolute Gasteiger partial charge is 0.417 e. The van der Waals surface area contributed by atoms with Crippen LogP contribution >= 0.6 is 11.6 Å². The van der Waals surface area contributed by atoms with Crippen LogP contribution in [0, 0.1) is 5.92 Å². The first-order chi connectivity index (χ1) is 10.8. The van der Waals surface area contributed by atoms with E-state index < -0.39 is 26.8 Å². The second kappa shape index (κ2) is 7.60. The quantitative estimate of drug-likeness (QED) is 0.817. The number of carbonyl (C=O) groups excluding carboxylic acids is 1. The Balaban J connectivity index is 3.09. The molecule has 10 heteroatoms. The van der Waals surface area contributed by atoms with Gasteiger partial charge in [0.05, 0.1) is 29.1 Å². The number of benzene rings is 1. The number of nitrogens with one attached hydrogen (secondary N) is 1. The summed E-state index contributed by atoms with van der Waals surface area (Å²) < 4.78 is 63.3. The number of hydrogen-bond acceptors (Lipinski definition) is 3. The summed E-state index contributed by atoms with van der Waals surface area (Å²) in [5, 5.41) is 2.00. The number of hydrogen-bond donors (Lipinski definition) is 1. The van der Waals surface area contributed by atoms with Crippen molar-refractivity contribution in [3.8, 4) is 0 Å². The third-order valence-electron chi connectivity index (χ3n) is 3.08. The van der Waals surface area contributed by atoms with Crippen LogP contribution in [0.5, 0.6) is 0 Å². The van der Waals surface area contributed by atoms with Crippen LogP contribution < -0.4 is 9.62 Å². The molecule has 1 aromatic rings. The van der Waals surface area contributed by atoms with E-state index in [1.54, 1.807) is 13.8 Å². The Bertz CT molecular complexity index is 706. The SMILES string of the molecule is CC(C)C(=O)NCCN(c1ccc(Cl)c(C(F)(F)F)c1)S(C)(=O)=O. The first-order valence-electron chi connectivity index (χ1n) is 6.96. The fourth-order valence-corrected chi connectivity index (χ4v) is 3.00. The van der Waals surface area contributed by atoms with Gasteiger partial charge in [-0.25, -0.2) is 8.42 Å². The molecule has 1 aromatic carbocycles. The van der Waals surface area contributed by atoms with Crippen LogP contribution in [-0.4, -0.2) is 33.7 Å². The third kappa shape index (κ3) is 5.55. The minimum Gasteiger partial charge on any atom is -0.354 e. The molecular formula is C14H18ClF3N2O3S. The fraction of sp³-hybridized carbons (Fsp3) is 0.500. The van der Waals surface area contributed by atoms with Crippen molar-refractivity contribution in [2.45, 2.75) is 20.0 Å². The lowest BCUT2D eigenvalue weighted by molar-refractivity contribution is -0.137. The Morgan fingerprint density at radius 3 is 2.38 bits per heavy atom. The van der Waals surface area contributed by atoms with E-state index in [-0.39, 0.29) is 30.6 Å². The Kier molecular flexibility index (Phi) is 6.52. The summed E-state index contributed by atoms with van der Waals surface area (Å²) in [5.74, 6) is -0.570. The lowest BCUT2D eigenvalue weighted by Gasteiger charge is -2.24. The van der Waals surface area contributed by atoms with Crippen LogP contribution in [0.15, 0.2) is 18.2 Å². The molecule has 24 heavy (non-hydrogen) atoms. The number of nitrogens with zero attached hydrogens (tertiary/aromatic N) is 1. The van der Waals surface area contributed by atoms with Gasteiger partial charge in [0.2, 0.25) is 15.9 Å². The van der Waals surface area contributed by atoms with Crippen molar-refractivity contribution in [1.82, 2.24) is 5.32 Å². The van der Waals surface area contributed by atoms with E-state index >= 15 is 0 Å². The standard InChI is InChI=1S/C14H18ClF3N2O3S/c1-9(2)13(21)19-6-7-20(24(3,22)23)10-4-5-12(15)11(8-10)14(16,17)18/h4-5,8-9H,6-7H2,1-3H3,(H,19,21). The normalized spacial score (nSPS) is 12.3. The molecule has 0 saturated carbocycles. The smallest absolute Gasteiger partial charge is 0.354 e. The van der Waals surface area contributed by atoms with Crippen molar-refractivity contribution in [3.63, 3.8) is 0 Å². The molecule has 0 spiro atoms. The molecule has 0 fully saturated rings. The number of anilines is 1. The van der Waals surface area contributed by atoms with Gasteiger partial charge in [-0.15, -0.1) is 0 Å². The number of rotatable bonds is 6. The summed E-state index contributed by atoms with van der Waals surface area (Å²) in [7, 11) is -3.84. The molecule has 0 aliphatic heterocycles. The molecular weight excluding hydrogens is 369 g/mol. The van der Waals surface area contributed by atoms with Crippen molar-refractivity contribution in [2.24, 2.45) is 5.92 Å². The highest BCUT2D eigenvalue weighted by molar-refractivity contribution is 7.92. The Morgan fingerprint density at radius 1 is 1.33 bits per heavy atom. The van der Waals surface area contributed by atoms with Crippen molar-refractivity contribution in [1.29, 1.82) is 0 Å². The predicted octanol–water partition coefficient (Wildman–Crippen LogP) is 2.90. The zero-order chi connectivity index (χ0) is 18.7. The molecule has 1 amide bonds.